The van der Waals surface area contributed by atoms with Crippen LogP contribution in [0.15, 0.2) is 0 Å². The molecule has 0 rings (SSSR count). The van der Waals surface area contributed by atoms with E-state index in [-0.39, 0.29) is 0 Å². The van der Waals surface area contributed by atoms with Crippen molar-refractivity contribution in [3.63, 3.8) is 0 Å². The Morgan fingerprint density at radius 1 is 0.786 bits per heavy atom. The van der Waals surface area contributed by atoms with Crippen LogP contribution in [0.4, 0.5) is 0 Å². The van der Waals surface area contributed by atoms with Crippen LogP contribution in [0.1, 0.15) is 71.1 Å². The molecule has 2 radical (unpaired) electrons. The highest BCUT2D eigenvalue weighted by Gasteiger charge is 2.04. The van der Waals surface area contributed by atoms with Crippen LogP contribution in [0, 0.1) is 19.8 Å². The Hall–Kier alpha value is 0. The lowest BCUT2D eigenvalue weighted by Crippen LogP contribution is -1.98. The summed E-state index contributed by atoms with van der Waals surface area (Å²) in [5.74, 6) is 0.969. The molecule has 0 aliphatic carbocycles. The zero-order valence-corrected chi connectivity index (χ0v) is 10.1. The maximum Gasteiger partial charge on any atom is -0.0417 e. The average molecular weight is 196 g/mol. The lowest BCUT2D eigenvalue weighted by atomic mass is 9.93. The summed E-state index contributed by atoms with van der Waals surface area (Å²) in [6.07, 6.45) is 13.3. The van der Waals surface area contributed by atoms with Crippen LogP contribution in [0.5, 0.6) is 0 Å². The molecule has 0 bridgehead atoms. The SMILES string of the molecule is [CH2]CCCCCCC(CC)CCC[CH2]. The second kappa shape index (κ2) is 11.1. The molecule has 0 heteroatoms. The Labute approximate surface area is 91.5 Å². The van der Waals surface area contributed by atoms with Gasteiger partial charge in [-0.1, -0.05) is 85.0 Å². The van der Waals surface area contributed by atoms with Gasteiger partial charge in [-0.05, 0) is 5.92 Å². The number of hydrogen-bond donors (Lipinski definition) is 0. The first-order chi connectivity index (χ1) is 6.85. The molecule has 0 saturated heterocycles. The molecule has 0 aliphatic heterocycles. The standard InChI is InChI=1S/C14H28/c1-4-7-9-10-11-13-14(6-3)12-8-5-2/h14H,1-2,4-13H2,3H3. The van der Waals surface area contributed by atoms with Gasteiger partial charge in [0.2, 0.25) is 0 Å². The molecule has 0 spiro atoms. The molecule has 0 aromatic heterocycles. The van der Waals surface area contributed by atoms with Crippen molar-refractivity contribution in [3.8, 4) is 0 Å². The summed E-state index contributed by atoms with van der Waals surface area (Å²) >= 11 is 0. The predicted octanol–water partition coefficient (Wildman–Crippen LogP) is 5.19. The van der Waals surface area contributed by atoms with E-state index >= 15 is 0 Å². The first-order valence-electron chi connectivity index (χ1n) is 6.43. The summed E-state index contributed by atoms with van der Waals surface area (Å²) in [5.41, 5.74) is 0. The van der Waals surface area contributed by atoms with E-state index in [1.54, 1.807) is 0 Å². The molecule has 0 amide bonds. The summed E-state index contributed by atoms with van der Waals surface area (Å²) in [6, 6.07) is 0. The van der Waals surface area contributed by atoms with E-state index in [4.69, 9.17) is 0 Å². The van der Waals surface area contributed by atoms with Gasteiger partial charge in [-0.2, -0.15) is 0 Å². The van der Waals surface area contributed by atoms with Crippen LogP contribution in [-0.4, -0.2) is 0 Å². The van der Waals surface area contributed by atoms with Crippen molar-refractivity contribution in [2.45, 2.75) is 71.1 Å². The van der Waals surface area contributed by atoms with Crippen molar-refractivity contribution < 1.29 is 0 Å². The molecule has 0 saturated carbocycles. The van der Waals surface area contributed by atoms with Gasteiger partial charge >= 0.3 is 0 Å². The highest BCUT2D eigenvalue weighted by Crippen LogP contribution is 2.20. The van der Waals surface area contributed by atoms with Gasteiger partial charge in [0.25, 0.3) is 0 Å². The summed E-state index contributed by atoms with van der Waals surface area (Å²) in [4.78, 5) is 0. The smallest absolute Gasteiger partial charge is 0.0417 e. The fourth-order valence-electron chi connectivity index (χ4n) is 1.95. The van der Waals surface area contributed by atoms with Crippen LogP contribution in [-0.2, 0) is 0 Å². The Balaban J connectivity index is 3.24. The maximum atomic E-state index is 3.91. The molecule has 0 aromatic rings. The molecule has 1 unspecified atom stereocenters. The average Bonchev–Trinajstić information content (AvgIpc) is 2.22. The lowest BCUT2D eigenvalue weighted by molar-refractivity contribution is 0.403. The molecular formula is C14H28. The van der Waals surface area contributed by atoms with E-state index in [0.29, 0.717) is 0 Å². The normalized spacial score (nSPS) is 13.1. The second-order valence-electron chi connectivity index (χ2n) is 4.33. The zero-order valence-electron chi connectivity index (χ0n) is 10.1. The van der Waals surface area contributed by atoms with Crippen LogP contribution in [0.2, 0.25) is 0 Å². The lowest BCUT2D eigenvalue weighted by Gasteiger charge is -2.13. The van der Waals surface area contributed by atoms with E-state index < -0.39 is 0 Å². The molecule has 0 N–H and O–H groups in total. The van der Waals surface area contributed by atoms with E-state index in [0.717, 1.165) is 18.8 Å². The first kappa shape index (κ1) is 14.0. The Morgan fingerprint density at radius 2 is 1.36 bits per heavy atom. The van der Waals surface area contributed by atoms with E-state index in [1.807, 2.05) is 0 Å². The van der Waals surface area contributed by atoms with Gasteiger partial charge in [-0.25, -0.2) is 0 Å². The fraction of sp³-hybridized carbons (Fsp3) is 0.857. The minimum atomic E-state index is 0.969. The van der Waals surface area contributed by atoms with Gasteiger partial charge < -0.3 is 0 Å². The maximum absolute atomic E-state index is 3.91. The highest BCUT2D eigenvalue weighted by atomic mass is 14.1. The van der Waals surface area contributed by atoms with Gasteiger partial charge in [0.1, 0.15) is 0 Å². The topological polar surface area (TPSA) is 0 Å². The van der Waals surface area contributed by atoms with Crippen LogP contribution >= 0.6 is 0 Å². The van der Waals surface area contributed by atoms with Crippen molar-refractivity contribution >= 4 is 0 Å². The van der Waals surface area contributed by atoms with E-state index in [2.05, 4.69) is 20.8 Å². The third-order valence-corrected chi connectivity index (χ3v) is 3.05. The monoisotopic (exact) mass is 196 g/mol. The van der Waals surface area contributed by atoms with Gasteiger partial charge in [0.15, 0.2) is 0 Å². The molecule has 0 nitrogen and oxygen atoms in total. The number of unbranched alkanes of at least 4 members (excludes halogenated alkanes) is 5. The van der Waals surface area contributed by atoms with Crippen LogP contribution < -0.4 is 0 Å². The van der Waals surface area contributed by atoms with Crippen LogP contribution in [0.25, 0.3) is 0 Å². The van der Waals surface area contributed by atoms with Crippen molar-refractivity contribution in [2.24, 2.45) is 5.92 Å². The van der Waals surface area contributed by atoms with Crippen molar-refractivity contribution in [1.82, 2.24) is 0 Å². The number of rotatable bonds is 10. The molecule has 0 aliphatic rings. The summed E-state index contributed by atoms with van der Waals surface area (Å²) < 4.78 is 0. The quantitative estimate of drug-likeness (QED) is 0.422. The van der Waals surface area contributed by atoms with Crippen molar-refractivity contribution in [3.05, 3.63) is 13.8 Å². The molecule has 0 heterocycles. The van der Waals surface area contributed by atoms with E-state index in [1.165, 1.54) is 51.4 Å². The minimum Gasteiger partial charge on any atom is -0.0651 e. The van der Waals surface area contributed by atoms with Crippen molar-refractivity contribution in [1.29, 1.82) is 0 Å². The largest absolute Gasteiger partial charge is 0.0651 e. The zero-order chi connectivity index (χ0) is 10.6. The third kappa shape index (κ3) is 8.59. The Bertz CT molecular complexity index is 96.2. The molecule has 14 heavy (non-hydrogen) atoms. The second-order valence-corrected chi connectivity index (χ2v) is 4.33. The van der Waals surface area contributed by atoms with Gasteiger partial charge in [0.05, 0.1) is 0 Å². The minimum absolute atomic E-state index is 0.969. The fourth-order valence-corrected chi connectivity index (χ4v) is 1.95. The first-order valence-corrected chi connectivity index (χ1v) is 6.43. The summed E-state index contributed by atoms with van der Waals surface area (Å²) in [5, 5.41) is 0. The molecule has 0 fully saturated rings. The Morgan fingerprint density at radius 3 is 1.93 bits per heavy atom. The van der Waals surface area contributed by atoms with Crippen LogP contribution in [0.3, 0.4) is 0 Å². The highest BCUT2D eigenvalue weighted by molar-refractivity contribution is 4.59. The van der Waals surface area contributed by atoms with Gasteiger partial charge in [-0.3, -0.25) is 0 Å². The summed E-state index contributed by atoms with van der Waals surface area (Å²) in [7, 11) is 0. The summed E-state index contributed by atoms with van der Waals surface area (Å²) in [6.45, 7) is 10.1. The Kier molecular flexibility index (Phi) is 11.1. The molecule has 1 atom stereocenters. The van der Waals surface area contributed by atoms with Crippen molar-refractivity contribution in [2.75, 3.05) is 0 Å². The number of hydrogen-bond acceptors (Lipinski definition) is 0. The molecule has 0 aromatic carbocycles. The van der Waals surface area contributed by atoms with Gasteiger partial charge in [-0.15, -0.1) is 0 Å². The predicted molar refractivity (Wildman–Crippen MR) is 66.0 cm³/mol. The third-order valence-electron chi connectivity index (χ3n) is 3.05. The van der Waals surface area contributed by atoms with Gasteiger partial charge in [0, 0.05) is 0 Å². The molecule has 84 valence electrons. The molecular weight excluding hydrogens is 168 g/mol. The van der Waals surface area contributed by atoms with E-state index in [9.17, 15) is 0 Å².